The molecule has 0 radical (unpaired) electrons. The molecule has 4 nitrogen and oxygen atoms in total. The van der Waals surface area contributed by atoms with Crippen molar-refractivity contribution in [2.75, 3.05) is 6.61 Å². The third kappa shape index (κ3) is 3.15. The van der Waals surface area contributed by atoms with Crippen LogP contribution >= 0.6 is 0 Å². The summed E-state index contributed by atoms with van der Waals surface area (Å²) in [6, 6.07) is 9.21. The Morgan fingerprint density at radius 1 is 1.15 bits per heavy atom. The standard InChI is InChI=1S/C16H16N2O2/c1-2-11-19-13-5-7-14(8-6-13)20-15-9-10-17-16(18-15)12-3-4-12/h2,5-10,12H,1,3-4,11H2. The van der Waals surface area contributed by atoms with Crippen molar-refractivity contribution < 1.29 is 9.47 Å². The maximum atomic E-state index is 5.73. The van der Waals surface area contributed by atoms with E-state index in [4.69, 9.17) is 9.47 Å². The van der Waals surface area contributed by atoms with Crippen molar-refractivity contribution in [1.29, 1.82) is 0 Å². The zero-order valence-corrected chi connectivity index (χ0v) is 11.2. The van der Waals surface area contributed by atoms with E-state index < -0.39 is 0 Å². The topological polar surface area (TPSA) is 44.2 Å². The van der Waals surface area contributed by atoms with Gasteiger partial charge in [0.05, 0.1) is 0 Å². The molecule has 3 rings (SSSR count). The molecule has 0 spiro atoms. The normalized spacial score (nSPS) is 13.8. The van der Waals surface area contributed by atoms with Crippen LogP contribution in [-0.2, 0) is 0 Å². The Balaban J connectivity index is 1.67. The fraction of sp³-hybridized carbons (Fsp3) is 0.250. The Kier molecular flexibility index (Phi) is 3.63. The van der Waals surface area contributed by atoms with Crippen LogP contribution in [0.4, 0.5) is 0 Å². The second-order valence-corrected chi connectivity index (χ2v) is 4.70. The predicted octanol–water partition coefficient (Wildman–Crippen LogP) is 3.71. The van der Waals surface area contributed by atoms with Gasteiger partial charge in [0.1, 0.15) is 23.9 Å². The second kappa shape index (κ2) is 5.74. The van der Waals surface area contributed by atoms with Gasteiger partial charge in [-0.2, -0.15) is 4.98 Å². The first-order chi connectivity index (χ1) is 9.85. The van der Waals surface area contributed by atoms with E-state index in [0.717, 1.165) is 17.3 Å². The van der Waals surface area contributed by atoms with E-state index in [1.807, 2.05) is 24.3 Å². The van der Waals surface area contributed by atoms with Crippen LogP contribution < -0.4 is 9.47 Å². The number of benzene rings is 1. The first-order valence-corrected chi connectivity index (χ1v) is 6.70. The Morgan fingerprint density at radius 2 is 1.90 bits per heavy atom. The van der Waals surface area contributed by atoms with Gasteiger partial charge in [0.15, 0.2) is 0 Å². The van der Waals surface area contributed by atoms with Gasteiger partial charge in [-0.3, -0.25) is 0 Å². The number of ether oxygens (including phenoxy) is 2. The van der Waals surface area contributed by atoms with E-state index in [2.05, 4.69) is 16.5 Å². The highest BCUT2D eigenvalue weighted by Crippen LogP contribution is 2.38. The molecule has 0 saturated heterocycles. The molecule has 0 unspecified atom stereocenters. The molecule has 4 heteroatoms. The Labute approximate surface area is 118 Å². The van der Waals surface area contributed by atoms with Gasteiger partial charge >= 0.3 is 0 Å². The van der Waals surface area contributed by atoms with Crippen molar-refractivity contribution >= 4 is 0 Å². The van der Waals surface area contributed by atoms with Gasteiger partial charge < -0.3 is 9.47 Å². The molecule has 0 amide bonds. The third-order valence-corrected chi connectivity index (χ3v) is 3.01. The maximum absolute atomic E-state index is 5.73. The summed E-state index contributed by atoms with van der Waals surface area (Å²) >= 11 is 0. The molecule has 1 aromatic carbocycles. The van der Waals surface area contributed by atoms with Crippen molar-refractivity contribution in [2.45, 2.75) is 18.8 Å². The molecule has 20 heavy (non-hydrogen) atoms. The summed E-state index contributed by atoms with van der Waals surface area (Å²) in [5.41, 5.74) is 0. The number of rotatable bonds is 6. The lowest BCUT2D eigenvalue weighted by atomic mass is 10.3. The molecule has 0 aliphatic heterocycles. The highest BCUT2D eigenvalue weighted by Gasteiger charge is 2.26. The maximum Gasteiger partial charge on any atom is 0.222 e. The minimum atomic E-state index is 0.497. The number of nitrogens with zero attached hydrogens (tertiary/aromatic N) is 2. The Bertz CT molecular complexity index is 592. The van der Waals surface area contributed by atoms with Crippen LogP contribution in [0.25, 0.3) is 0 Å². The summed E-state index contributed by atoms with van der Waals surface area (Å²) in [6.45, 7) is 4.11. The first kappa shape index (κ1) is 12.7. The van der Waals surface area contributed by atoms with Gasteiger partial charge in [-0.25, -0.2) is 4.98 Å². The third-order valence-electron chi connectivity index (χ3n) is 3.01. The average Bonchev–Trinajstić information content (AvgIpc) is 3.32. The van der Waals surface area contributed by atoms with E-state index in [9.17, 15) is 0 Å². The molecule has 1 fully saturated rings. The molecule has 2 aromatic rings. The minimum absolute atomic E-state index is 0.497. The minimum Gasteiger partial charge on any atom is -0.490 e. The number of hydrogen-bond donors (Lipinski definition) is 0. The number of hydrogen-bond acceptors (Lipinski definition) is 4. The van der Waals surface area contributed by atoms with E-state index in [1.54, 1.807) is 18.3 Å². The van der Waals surface area contributed by atoms with E-state index in [-0.39, 0.29) is 0 Å². The monoisotopic (exact) mass is 268 g/mol. The smallest absolute Gasteiger partial charge is 0.222 e. The molecule has 102 valence electrons. The molecule has 0 bridgehead atoms. The fourth-order valence-electron chi connectivity index (χ4n) is 1.83. The van der Waals surface area contributed by atoms with Crippen LogP contribution in [0.1, 0.15) is 24.6 Å². The quantitative estimate of drug-likeness (QED) is 0.749. The summed E-state index contributed by atoms with van der Waals surface area (Å²) in [5.74, 6) is 3.51. The largest absolute Gasteiger partial charge is 0.490 e. The fourth-order valence-corrected chi connectivity index (χ4v) is 1.83. The van der Waals surface area contributed by atoms with Crippen molar-refractivity contribution in [3.8, 4) is 17.4 Å². The van der Waals surface area contributed by atoms with Gasteiger partial charge in [-0.1, -0.05) is 12.7 Å². The summed E-state index contributed by atoms with van der Waals surface area (Å²) in [5, 5.41) is 0. The molecule has 1 saturated carbocycles. The van der Waals surface area contributed by atoms with Crippen molar-refractivity contribution in [3.05, 3.63) is 55.0 Å². The van der Waals surface area contributed by atoms with Crippen LogP contribution in [0.5, 0.6) is 17.4 Å². The highest BCUT2D eigenvalue weighted by molar-refractivity contribution is 5.33. The Morgan fingerprint density at radius 3 is 2.60 bits per heavy atom. The number of aromatic nitrogens is 2. The summed E-state index contributed by atoms with van der Waals surface area (Å²) < 4.78 is 11.1. The molecule has 1 heterocycles. The molecule has 1 aliphatic carbocycles. The van der Waals surface area contributed by atoms with Crippen LogP contribution in [0, 0.1) is 0 Å². The second-order valence-electron chi connectivity index (χ2n) is 4.70. The Hall–Kier alpha value is -2.36. The van der Waals surface area contributed by atoms with E-state index in [0.29, 0.717) is 18.4 Å². The molecule has 1 aliphatic rings. The molecule has 0 N–H and O–H groups in total. The summed E-state index contributed by atoms with van der Waals surface area (Å²) in [4.78, 5) is 8.69. The van der Waals surface area contributed by atoms with Crippen LogP contribution in [0.3, 0.4) is 0 Å². The predicted molar refractivity (Wildman–Crippen MR) is 76.2 cm³/mol. The zero-order valence-electron chi connectivity index (χ0n) is 11.2. The van der Waals surface area contributed by atoms with Gasteiger partial charge in [0, 0.05) is 18.2 Å². The van der Waals surface area contributed by atoms with Gasteiger partial charge in [0.2, 0.25) is 5.88 Å². The molecule has 0 atom stereocenters. The lowest BCUT2D eigenvalue weighted by Gasteiger charge is -2.07. The van der Waals surface area contributed by atoms with Gasteiger partial charge in [-0.15, -0.1) is 0 Å². The lowest BCUT2D eigenvalue weighted by molar-refractivity contribution is 0.362. The molecular formula is C16H16N2O2. The van der Waals surface area contributed by atoms with Crippen molar-refractivity contribution in [2.24, 2.45) is 0 Å². The van der Waals surface area contributed by atoms with Crippen LogP contribution in [0.2, 0.25) is 0 Å². The van der Waals surface area contributed by atoms with Crippen molar-refractivity contribution in [1.82, 2.24) is 9.97 Å². The lowest BCUT2D eigenvalue weighted by Crippen LogP contribution is -1.95. The summed E-state index contributed by atoms with van der Waals surface area (Å²) in [6.07, 6.45) is 5.82. The first-order valence-electron chi connectivity index (χ1n) is 6.70. The highest BCUT2D eigenvalue weighted by atomic mass is 16.5. The SMILES string of the molecule is C=CCOc1ccc(Oc2ccnc(C3CC3)n2)cc1. The van der Waals surface area contributed by atoms with Crippen LogP contribution in [-0.4, -0.2) is 16.6 Å². The van der Waals surface area contributed by atoms with Crippen molar-refractivity contribution in [3.63, 3.8) is 0 Å². The molecular weight excluding hydrogens is 252 g/mol. The van der Waals surface area contributed by atoms with E-state index in [1.165, 1.54) is 12.8 Å². The van der Waals surface area contributed by atoms with Gasteiger partial charge in [-0.05, 0) is 37.1 Å². The van der Waals surface area contributed by atoms with Gasteiger partial charge in [0.25, 0.3) is 0 Å². The zero-order chi connectivity index (χ0) is 13.8. The average molecular weight is 268 g/mol. The molecule has 1 aromatic heterocycles. The summed E-state index contributed by atoms with van der Waals surface area (Å²) in [7, 11) is 0. The van der Waals surface area contributed by atoms with E-state index >= 15 is 0 Å². The van der Waals surface area contributed by atoms with Crippen LogP contribution in [0.15, 0.2) is 49.2 Å².